The zero-order valence-electron chi connectivity index (χ0n) is 10.1. The van der Waals surface area contributed by atoms with Gasteiger partial charge in [-0.15, -0.1) is 0 Å². The first-order valence-electron chi connectivity index (χ1n) is 5.90. The van der Waals surface area contributed by atoms with E-state index in [4.69, 9.17) is 10.2 Å². The summed E-state index contributed by atoms with van der Waals surface area (Å²) in [7, 11) is 1.66. The lowest BCUT2D eigenvalue weighted by Crippen LogP contribution is -2.48. The number of rotatable bonds is 6. The number of nitrogens with one attached hydrogen (secondary N) is 1. The zero-order valence-corrected chi connectivity index (χ0v) is 10.1. The van der Waals surface area contributed by atoms with E-state index in [-0.39, 0.29) is 13.0 Å². The van der Waals surface area contributed by atoms with E-state index in [9.17, 15) is 9.59 Å². The number of aliphatic hydroxyl groups is 1. The number of hydrogen-bond donors (Lipinski definition) is 3. The Bertz CT molecular complexity index is 279. The Morgan fingerprint density at radius 1 is 1.47 bits per heavy atom. The highest BCUT2D eigenvalue weighted by Crippen LogP contribution is 2.26. The smallest absolute Gasteiger partial charge is 0.326 e. The maximum Gasteiger partial charge on any atom is 0.326 e. The predicted molar refractivity (Wildman–Crippen MR) is 61.6 cm³/mol. The Morgan fingerprint density at radius 3 is 2.53 bits per heavy atom. The molecule has 1 aliphatic rings. The molecule has 2 amide bonds. The topological polar surface area (TPSA) is 89.9 Å². The second-order valence-corrected chi connectivity index (χ2v) is 4.53. The van der Waals surface area contributed by atoms with Crippen molar-refractivity contribution in [3.05, 3.63) is 0 Å². The van der Waals surface area contributed by atoms with Crippen LogP contribution in [0, 0.1) is 5.92 Å². The Kier molecular flexibility index (Phi) is 5.21. The van der Waals surface area contributed by atoms with Crippen LogP contribution in [0.1, 0.15) is 25.7 Å². The summed E-state index contributed by atoms with van der Waals surface area (Å²) >= 11 is 0. The van der Waals surface area contributed by atoms with Crippen molar-refractivity contribution in [2.75, 3.05) is 20.2 Å². The van der Waals surface area contributed by atoms with E-state index in [1.54, 1.807) is 7.05 Å². The van der Waals surface area contributed by atoms with Crippen LogP contribution >= 0.6 is 0 Å². The highest BCUT2D eigenvalue weighted by atomic mass is 16.4. The number of carboxylic acid groups (broad SMARTS) is 1. The SMILES string of the molecule is CN(CC1CCC1)C(=O)NC(CCO)C(=O)O. The second-order valence-electron chi connectivity index (χ2n) is 4.53. The molecule has 1 aliphatic carbocycles. The molecule has 0 bridgehead atoms. The molecule has 1 unspecified atom stereocenters. The lowest BCUT2D eigenvalue weighted by molar-refractivity contribution is -0.139. The van der Waals surface area contributed by atoms with E-state index in [1.165, 1.54) is 11.3 Å². The number of hydrogen-bond acceptors (Lipinski definition) is 3. The van der Waals surface area contributed by atoms with Gasteiger partial charge in [-0.2, -0.15) is 0 Å². The highest BCUT2D eigenvalue weighted by molar-refractivity contribution is 5.82. The lowest BCUT2D eigenvalue weighted by Gasteiger charge is -2.30. The number of aliphatic hydroxyl groups excluding tert-OH is 1. The van der Waals surface area contributed by atoms with Crippen LogP contribution in [0.2, 0.25) is 0 Å². The Labute approximate surface area is 101 Å². The number of aliphatic carboxylic acids is 1. The Hall–Kier alpha value is -1.30. The summed E-state index contributed by atoms with van der Waals surface area (Å²) in [6.07, 6.45) is 3.51. The number of nitrogens with zero attached hydrogens (tertiary/aromatic N) is 1. The lowest BCUT2D eigenvalue weighted by atomic mass is 9.85. The van der Waals surface area contributed by atoms with E-state index >= 15 is 0 Å². The summed E-state index contributed by atoms with van der Waals surface area (Å²) in [6.45, 7) is 0.404. The van der Waals surface area contributed by atoms with Crippen LogP contribution < -0.4 is 5.32 Å². The van der Waals surface area contributed by atoms with Crippen molar-refractivity contribution in [1.82, 2.24) is 10.2 Å². The first-order valence-corrected chi connectivity index (χ1v) is 5.90. The van der Waals surface area contributed by atoms with Gasteiger partial charge < -0.3 is 20.4 Å². The van der Waals surface area contributed by atoms with Gasteiger partial charge in [0.1, 0.15) is 6.04 Å². The average molecular weight is 244 g/mol. The van der Waals surface area contributed by atoms with Gasteiger partial charge >= 0.3 is 12.0 Å². The predicted octanol–water partition coefficient (Wildman–Crippen LogP) is 0.263. The average Bonchev–Trinajstić information content (AvgIpc) is 2.22. The molecule has 1 rings (SSSR count). The Morgan fingerprint density at radius 2 is 2.12 bits per heavy atom. The highest BCUT2D eigenvalue weighted by Gasteiger charge is 2.24. The largest absolute Gasteiger partial charge is 0.480 e. The molecule has 0 aromatic rings. The third-order valence-corrected chi connectivity index (χ3v) is 3.12. The first kappa shape index (κ1) is 13.8. The first-order chi connectivity index (χ1) is 8.04. The molecule has 3 N–H and O–H groups in total. The van der Waals surface area contributed by atoms with Crippen molar-refractivity contribution < 1.29 is 19.8 Å². The van der Waals surface area contributed by atoms with E-state index in [2.05, 4.69) is 5.32 Å². The van der Waals surface area contributed by atoms with Crippen LogP contribution in [-0.4, -0.2) is 53.4 Å². The van der Waals surface area contributed by atoms with Crippen LogP contribution in [0.3, 0.4) is 0 Å². The summed E-state index contributed by atoms with van der Waals surface area (Å²) in [5, 5.41) is 19.9. The van der Waals surface area contributed by atoms with Gasteiger partial charge in [-0.1, -0.05) is 6.42 Å². The van der Waals surface area contributed by atoms with E-state index in [0.29, 0.717) is 12.5 Å². The van der Waals surface area contributed by atoms with Crippen LogP contribution in [-0.2, 0) is 4.79 Å². The van der Waals surface area contributed by atoms with Gasteiger partial charge in [0.05, 0.1) is 0 Å². The van der Waals surface area contributed by atoms with Crippen LogP contribution in [0.15, 0.2) is 0 Å². The van der Waals surface area contributed by atoms with Gasteiger partial charge in [-0.05, 0) is 18.8 Å². The minimum atomic E-state index is -1.12. The maximum absolute atomic E-state index is 11.7. The van der Waals surface area contributed by atoms with Gasteiger partial charge in [0.15, 0.2) is 0 Å². The van der Waals surface area contributed by atoms with Crippen molar-refractivity contribution in [2.45, 2.75) is 31.7 Å². The van der Waals surface area contributed by atoms with Gasteiger partial charge in [0.25, 0.3) is 0 Å². The van der Waals surface area contributed by atoms with Crippen molar-refractivity contribution in [2.24, 2.45) is 5.92 Å². The van der Waals surface area contributed by atoms with Gasteiger partial charge in [0, 0.05) is 26.6 Å². The molecule has 6 heteroatoms. The molecule has 6 nitrogen and oxygen atoms in total. The number of amides is 2. The van der Waals surface area contributed by atoms with Gasteiger partial charge in [0.2, 0.25) is 0 Å². The molecule has 0 spiro atoms. The fraction of sp³-hybridized carbons (Fsp3) is 0.818. The summed E-state index contributed by atoms with van der Waals surface area (Å²) < 4.78 is 0. The van der Waals surface area contributed by atoms with Crippen molar-refractivity contribution in [3.8, 4) is 0 Å². The van der Waals surface area contributed by atoms with E-state index in [1.807, 2.05) is 0 Å². The Balaban J connectivity index is 2.36. The van der Waals surface area contributed by atoms with Gasteiger partial charge in [-0.25, -0.2) is 9.59 Å². The number of carbonyl (C=O) groups is 2. The molecular weight excluding hydrogens is 224 g/mol. The van der Waals surface area contributed by atoms with E-state index in [0.717, 1.165) is 12.8 Å². The molecule has 0 aromatic carbocycles. The number of carboxylic acids is 1. The minimum absolute atomic E-state index is 0.0261. The minimum Gasteiger partial charge on any atom is -0.480 e. The number of carbonyl (C=O) groups excluding carboxylic acids is 1. The number of urea groups is 1. The third kappa shape index (κ3) is 4.22. The normalized spacial score (nSPS) is 17.1. The molecule has 0 aromatic heterocycles. The summed E-state index contributed by atoms with van der Waals surface area (Å²) in [5.74, 6) is -0.573. The molecule has 0 heterocycles. The molecule has 1 saturated carbocycles. The van der Waals surface area contributed by atoms with Crippen molar-refractivity contribution in [3.63, 3.8) is 0 Å². The van der Waals surface area contributed by atoms with Crippen LogP contribution in [0.25, 0.3) is 0 Å². The molecule has 0 aliphatic heterocycles. The van der Waals surface area contributed by atoms with Crippen LogP contribution in [0.5, 0.6) is 0 Å². The molecule has 17 heavy (non-hydrogen) atoms. The zero-order chi connectivity index (χ0) is 12.8. The fourth-order valence-electron chi connectivity index (χ4n) is 1.79. The molecule has 1 fully saturated rings. The molecular formula is C11H20N2O4. The summed E-state index contributed by atoms with van der Waals surface area (Å²) in [5.41, 5.74) is 0. The summed E-state index contributed by atoms with van der Waals surface area (Å²) in [6, 6.07) is -1.41. The second kappa shape index (κ2) is 6.44. The molecule has 1 atom stereocenters. The quantitative estimate of drug-likeness (QED) is 0.625. The molecule has 0 saturated heterocycles. The monoisotopic (exact) mass is 244 g/mol. The molecule has 98 valence electrons. The maximum atomic E-state index is 11.7. The fourth-order valence-corrected chi connectivity index (χ4v) is 1.79. The van der Waals surface area contributed by atoms with Gasteiger partial charge in [-0.3, -0.25) is 0 Å². The summed E-state index contributed by atoms with van der Waals surface area (Å²) in [4.78, 5) is 24.0. The van der Waals surface area contributed by atoms with Crippen LogP contribution in [0.4, 0.5) is 4.79 Å². The third-order valence-electron chi connectivity index (χ3n) is 3.12. The van der Waals surface area contributed by atoms with E-state index < -0.39 is 18.0 Å². The molecule has 0 radical (unpaired) electrons. The standard InChI is InChI=1S/C11H20N2O4/c1-13(7-8-3-2-4-8)11(17)12-9(5-6-14)10(15)16/h8-9,14H,2-7H2,1H3,(H,12,17)(H,15,16). The van der Waals surface area contributed by atoms with Crippen molar-refractivity contribution >= 4 is 12.0 Å². The van der Waals surface area contributed by atoms with Crippen molar-refractivity contribution in [1.29, 1.82) is 0 Å².